The van der Waals surface area contributed by atoms with Crippen molar-refractivity contribution in [3.05, 3.63) is 10.5 Å². The maximum Gasteiger partial charge on any atom is 0.353 e. The average molecular weight is 179 g/mol. The van der Waals surface area contributed by atoms with Gasteiger partial charge in [-0.1, -0.05) is 0 Å². The molecule has 64 valence electrons. The molecule has 0 radical (unpaired) electrons. The quantitative estimate of drug-likeness (QED) is 0.570. The zero-order valence-corrected chi connectivity index (χ0v) is 6.01. The maximum absolute atomic E-state index is 10.7. The molecule has 0 saturated carbocycles. The highest BCUT2D eigenvalue weighted by Crippen LogP contribution is 2.02. The lowest BCUT2D eigenvalue weighted by Gasteiger charge is -1.94. The molecule has 0 amide bonds. The van der Waals surface area contributed by atoms with E-state index in [1.165, 1.54) is 12.5 Å². The molecule has 0 bridgehead atoms. The van der Waals surface area contributed by atoms with Crippen molar-refractivity contribution in [3.63, 3.8) is 0 Å². The van der Waals surface area contributed by atoms with Gasteiger partial charge in [-0.2, -0.15) is 0 Å². The molecule has 0 spiro atoms. The van der Waals surface area contributed by atoms with Crippen LogP contribution in [0.1, 0.15) is 0 Å². The van der Waals surface area contributed by atoms with E-state index in [0.717, 1.165) is 0 Å². The fraction of sp³-hybridized carbons (Fsp3) is 0. The number of aromatic amines is 1. The molecule has 0 unspecified atom stereocenters. The lowest BCUT2D eigenvalue weighted by molar-refractivity contribution is 0.413. The van der Waals surface area contributed by atoms with Crippen LogP contribution in [-0.2, 0) is 0 Å². The first-order valence-electron chi connectivity index (χ1n) is 2.86. The monoisotopic (exact) mass is 179 g/mol. The molecular formula is C5HN5O3. The molecule has 0 aliphatic rings. The van der Waals surface area contributed by atoms with Crippen LogP contribution in [0.3, 0.4) is 0 Å². The molecule has 0 aliphatic heterocycles. The Kier molecular flexibility index (Phi) is 2.41. The number of nitriles is 2. The largest absolute Gasteiger partial charge is 0.353 e. The van der Waals surface area contributed by atoms with Crippen LogP contribution in [0, 0.1) is 23.0 Å². The molecule has 8 heteroatoms. The van der Waals surface area contributed by atoms with Crippen molar-refractivity contribution in [1.82, 2.24) is 15.0 Å². The van der Waals surface area contributed by atoms with Crippen LogP contribution in [0.15, 0.2) is 4.79 Å². The second-order valence-corrected chi connectivity index (χ2v) is 1.63. The van der Waals surface area contributed by atoms with E-state index in [1.54, 1.807) is 0 Å². The zero-order valence-electron chi connectivity index (χ0n) is 6.01. The lowest BCUT2D eigenvalue weighted by Crippen LogP contribution is -2.13. The number of aromatic nitrogens is 3. The maximum atomic E-state index is 10.7. The van der Waals surface area contributed by atoms with Crippen LogP contribution in [-0.4, -0.2) is 15.0 Å². The minimum Gasteiger partial charge on any atom is -0.350 e. The molecule has 1 N–H and O–H groups in total. The Balaban J connectivity index is 3.07. The predicted octanol–water partition coefficient (Wildman–Crippen LogP) is -1.12. The number of hydrogen-bond acceptors (Lipinski definition) is 7. The summed E-state index contributed by atoms with van der Waals surface area (Å²) in [5.41, 5.74) is -0.828. The van der Waals surface area contributed by atoms with Gasteiger partial charge < -0.3 is 9.47 Å². The van der Waals surface area contributed by atoms with E-state index in [0.29, 0.717) is 0 Å². The van der Waals surface area contributed by atoms with Gasteiger partial charge in [-0.25, -0.2) is 4.79 Å². The van der Waals surface area contributed by atoms with Crippen molar-refractivity contribution in [2.75, 3.05) is 0 Å². The standard InChI is InChI=1S/C5HN5O3/c6-1-12-4-8-3(11)9-5(10-4)13-2-7/h(H,8,9,10,11). The van der Waals surface area contributed by atoms with Crippen LogP contribution < -0.4 is 15.2 Å². The topological polar surface area (TPSA) is 125 Å². The number of H-pyrrole nitrogens is 1. The second-order valence-electron chi connectivity index (χ2n) is 1.63. The Labute approximate surface area is 71.0 Å². The average Bonchev–Trinajstić information content (AvgIpc) is 2.04. The SMILES string of the molecule is N#COc1nc(OC#N)[nH]c(=O)n1. The smallest absolute Gasteiger partial charge is 0.350 e. The van der Waals surface area contributed by atoms with Crippen LogP contribution in [0.4, 0.5) is 0 Å². The van der Waals surface area contributed by atoms with Crippen molar-refractivity contribution in [1.29, 1.82) is 10.5 Å². The summed E-state index contributed by atoms with van der Waals surface area (Å²) in [4.78, 5) is 19.2. The van der Waals surface area contributed by atoms with Crippen molar-refractivity contribution in [2.24, 2.45) is 0 Å². The van der Waals surface area contributed by atoms with Crippen LogP contribution in [0.2, 0.25) is 0 Å². The number of ether oxygens (including phenoxy) is 2. The molecule has 1 heterocycles. The summed E-state index contributed by atoms with van der Waals surface area (Å²) in [5.74, 6) is 0. The summed E-state index contributed by atoms with van der Waals surface area (Å²) >= 11 is 0. The minimum atomic E-state index is -0.828. The van der Waals surface area contributed by atoms with Gasteiger partial charge in [-0.05, 0) is 0 Å². The Hall–Kier alpha value is -2.61. The molecule has 0 atom stereocenters. The molecule has 1 rings (SSSR count). The number of hydrogen-bond donors (Lipinski definition) is 1. The third kappa shape index (κ3) is 2.17. The Morgan fingerprint density at radius 2 is 1.92 bits per heavy atom. The van der Waals surface area contributed by atoms with E-state index in [1.807, 2.05) is 4.98 Å². The van der Waals surface area contributed by atoms with Gasteiger partial charge in [0.05, 0.1) is 0 Å². The summed E-state index contributed by atoms with van der Waals surface area (Å²) in [5, 5.41) is 16.1. The number of rotatable bonds is 2. The normalized spacial score (nSPS) is 8.15. The minimum absolute atomic E-state index is 0.382. The zero-order chi connectivity index (χ0) is 9.68. The summed E-state index contributed by atoms with van der Waals surface area (Å²) in [6.45, 7) is 0. The van der Waals surface area contributed by atoms with E-state index in [2.05, 4.69) is 19.4 Å². The number of nitrogens with zero attached hydrogens (tertiary/aromatic N) is 4. The first-order chi connectivity index (χ1) is 6.26. The van der Waals surface area contributed by atoms with Crippen molar-refractivity contribution >= 4 is 0 Å². The van der Waals surface area contributed by atoms with Gasteiger partial charge in [-0.3, -0.25) is 4.98 Å². The molecule has 0 aliphatic carbocycles. The van der Waals surface area contributed by atoms with E-state index >= 15 is 0 Å². The highest BCUT2D eigenvalue weighted by molar-refractivity contribution is 5.02. The van der Waals surface area contributed by atoms with E-state index < -0.39 is 11.7 Å². The molecule has 1 aromatic heterocycles. The molecule has 0 fully saturated rings. The Morgan fingerprint density at radius 1 is 1.23 bits per heavy atom. The highest BCUT2D eigenvalue weighted by Gasteiger charge is 2.04. The summed E-state index contributed by atoms with van der Waals surface area (Å²) in [6.07, 6.45) is 2.55. The van der Waals surface area contributed by atoms with E-state index in [4.69, 9.17) is 10.5 Å². The third-order valence-corrected chi connectivity index (χ3v) is 0.887. The first-order valence-corrected chi connectivity index (χ1v) is 2.86. The summed E-state index contributed by atoms with van der Waals surface area (Å²) in [6, 6.07) is -0.857. The Bertz CT molecular complexity index is 401. The van der Waals surface area contributed by atoms with E-state index in [9.17, 15) is 4.79 Å². The van der Waals surface area contributed by atoms with Crippen molar-refractivity contribution < 1.29 is 9.47 Å². The second kappa shape index (κ2) is 3.69. The summed E-state index contributed by atoms with van der Waals surface area (Å²) in [7, 11) is 0. The van der Waals surface area contributed by atoms with Gasteiger partial charge >= 0.3 is 17.7 Å². The van der Waals surface area contributed by atoms with Crippen molar-refractivity contribution in [3.8, 4) is 24.5 Å². The molecule has 8 nitrogen and oxygen atoms in total. The van der Waals surface area contributed by atoms with Crippen LogP contribution in [0.25, 0.3) is 0 Å². The molecule has 1 aromatic rings. The number of nitrogens with one attached hydrogen (secondary N) is 1. The van der Waals surface area contributed by atoms with Gasteiger partial charge in [0.1, 0.15) is 0 Å². The van der Waals surface area contributed by atoms with Gasteiger partial charge in [0.2, 0.25) is 0 Å². The van der Waals surface area contributed by atoms with Crippen LogP contribution >= 0.6 is 0 Å². The molecular weight excluding hydrogens is 178 g/mol. The van der Waals surface area contributed by atoms with Crippen molar-refractivity contribution in [2.45, 2.75) is 0 Å². The highest BCUT2D eigenvalue weighted by atomic mass is 16.5. The third-order valence-electron chi connectivity index (χ3n) is 0.887. The summed E-state index contributed by atoms with van der Waals surface area (Å²) < 4.78 is 8.33. The molecule has 0 saturated heterocycles. The van der Waals surface area contributed by atoms with Gasteiger partial charge in [0.15, 0.2) is 0 Å². The molecule has 13 heavy (non-hydrogen) atoms. The molecule has 0 aromatic carbocycles. The lowest BCUT2D eigenvalue weighted by atomic mass is 10.9. The first kappa shape index (κ1) is 8.49. The van der Waals surface area contributed by atoms with E-state index in [-0.39, 0.29) is 6.01 Å². The van der Waals surface area contributed by atoms with Gasteiger partial charge in [-0.15, -0.1) is 20.5 Å². The van der Waals surface area contributed by atoms with Gasteiger partial charge in [0, 0.05) is 0 Å². The van der Waals surface area contributed by atoms with Crippen LogP contribution in [0.5, 0.6) is 12.0 Å². The predicted molar refractivity (Wildman–Crippen MR) is 35.1 cm³/mol. The fourth-order valence-electron chi connectivity index (χ4n) is 0.524. The Morgan fingerprint density at radius 3 is 2.54 bits per heavy atom. The van der Waals surface area contributed by atoms with Gasteiger partial charge in [0.25, 0.3) is 12.5 Å². The fourth-order valence-corrected chi connectivity index (χ4v) is 0.524.